The Hall–Kier alpha value is -3.54. The van der Waals surface area contributed by atoms with Crippen LogP contribution in [0.3, 0.4) is 0 Å². The minimum Gasteiger partial charge on any atom is -0.454 e. The maximum absolute atomic E-state index is 12.0. The summed E-state index contributed by atoms with van der Waals surface area (Å²) in [4.78, 5) is 22.9. The molecule has 0 saturated carbocycles. The second-order valence-electron chi connectivity index (χ2n) is 4.37. The molecule has 0 bridgehead atoms. The van der Waals surface area contributed by atoms with Crippen LogP contribution in [0.5, 0.6) is 0 Å². The number of tetrazole rings is 1. The first-order valence-electron chi connectivity index (χ1n) is 6.48. The number of hydrogen-bond donors (Lipinski definition) is 2. The topological polar surface area (TPSA) is 134 Å². The molecule has 116 valence electrons. The summed E-state index contributed by atoms with van der Waals surface area (Å²) in [5.41, 5.74) is 0.776. The summed E-state index contributed by atoms with van der Waals surface area (Å²) in [6.07, 6.45) is 1.35. The second kappa shape index (κ2) is 7.46. The smallest absolute Gasteiger partial charge is 0.340 e. The molecule has 0 amide bonds. The summed E-state index contributed by atoms with van der Waals surface area (Å²) in [5, 5.41) is 24.9. The molecular formula is C14H12N6O3. The van der Waals surface area contributed by atoms with E-state index in [1.807, 2.05) is 6.07 Å². The molecule has 1 aromatic carbocycles. The largest absolute Gasteiger partial charge is 0.454 e. The molecule has 0 aliphatic heterocycles. The van der Waals surface area contributed by atoms with Gasteiger partial charge in [0.15, 0.2) is 5.78 Å². The molecule has 0 unspecified atom stereocenters. The molecule has 23 heavy (non-hydrogen) atoms. The first-order valence-corrected chi connectivity index (χ1v) is 6.48. The molecule has 0 saturated heterocycles. The Morgan fingerprint density at radius 2 is 2.22 bits per heavy atom. The van der Waals surface area contributed by atoms with Gasteiger partial charge < -0.3 is 10.1 Å². The number of benzene rings is 1. The highest BCUT2D eigenvalue weighted by Gasteiger charge is 2.13. The first-order chi connectivity index (χ1) is 11.1. The van der Waals surface area contributed by atoms with E-state index in [2.05, 4.69) is 25.9 Å². The van der Waals surface area contributed by atoms with Gasteiger partial charge in [0.1, 0.15) is 18.2 Å². The molecule has 0 radical (unpaired) electrons. The molecule has 0 aliphatic carbocycles. The third-order valence-corrected chi connectivity index (χ3v) is 2.63. The van der Waals surface area contributed by atoms with Gasteiger partial charge in [0.25, 0.3) is 0 Å². The maximum atomic E-state index is 12.0. The monoisotopic (exact) mass is 312 g/mol. The Bertz CT molecular complexity index is 776. The van der Waals surface area contributed by atoms with Crippen LogP contribution in [0.15, 0.2) is 30.5 Å². The Balaban J connectivity index is 2.19. The number of aromatic nitrogens is 4. The number of hydrogen-bond acceptors (Lipinski definition) is 8. The second-order valence-corrected chi connectivity index (χ2v) is 4.37. The van der Waals surface area contributed by atoms with E-state index in [0.717, 1.165) is 0 Å². The number of anilines is 1. The SMILES string of the molecule is CC(=O)COC(=O)c1ccccc1NC=C(C#N)c1nn[nH]n1. The highest BCUT2D eigenvalue weighted by Crippen LogP contribution is 2.17. The lowest BCUT2D eigenvalue weighted by Gasteiger charge is -2.08. The van der Waals surface area contributed by atoms with Crippen LogP contribution in [-0.4, -0.2) is 39.0 Å². The normalized spacial score (nSPS) is 10.7. The minimum atomic E-state index is -0.644. The van der Waals surface area contributed by atoms with Crippen molar-refractivity contribution in [2.24, 2.45) is 0 Å². The molecule has 2 rings (SSSR count). The van der Waals surface area contributed by atoms with Gasteiger partial charge in [-0.3, -0.25) is 4.79 Å². The predicted molar refractivity (Wildman–Crippen MR) is 78.8 cm³/mol. The number of carbonyl (C=O) groups is 2. The zero-order valence-corrected chi connectivity index (χ0v) is 12.1. The predicted octanol–water partition coefficient (Wildman–Crippen LogP) is 0.922. The van der Waals surface area contributed by atoms with Crippen molar-refractivity contribution in [3.63, 3.8) is 0 Å². The third-order valence-electron chi connectivity index (χ3n) is 2.63. The fourth-order valence-electron chi connectivity index (χ4n) is 1.60. The van der Waals surface area contributed by atoms with Crippen LogP contribution in [-0.2, 0) is 9.53 Å². The molecule has 9 heteroatoms. The summed E-state index contributed by atoms with van der Waals surface area (Å²) in [5.74, 6) is -0.779. The van der Waals surface area contributed by atoms with Gasteiger partial charge >= 0.3 is 5.97 Å². The molecule has 2 N–H and O–H groups in total. The van der Waals surface area contributed by atoms with Crippen LogP contribution in [0, 0.1) is 11.3 Å². The van der Waals surface area contributed by atoms with Crippen molar-refractivity contribution in [3.8, 4) is 6.07 Å². The van der Waals surface area contributed by atoms with Gasteiger partial charge in [-0.25, -0.2) is 4.79 Å². The van der Waals surface area contributed by atoms with Crippen molar-refractivity contribution in [1.82, 2.24) is 20.6 Å². The standard InChI is InChI=1S/C14H12N6O3/c1-9(21)8-23-14(22)11-4-2-3-5-12(11)16-7-10(6-15)13-17-19-20-18-13/h2-5,7,16H,8H2,1H3,(H,17,18,19,20). The van der Waals surface area contributed by atoms with Gasteiger partial charge in [-0.15, -0.1) is 10.2 Å². The van der Waals surface area contributed by atoms with Crippen LogP contribution >= 0.6 is 0 Å². The average molecular weight is 312 g/mol. The molecule has 9 nitrogen and oxygen atoms in total. The zero-order valence-electron chi connectivity index (χ0n) is 12.1. The van der Waals surface area contributed by atoms with Gasteiger partial charge in [0.2, 0.25) is 5.82 Å². The molecule has 0 aliphatic rings. The number of carbonyl (C=O) groups excluding carboxylic acids is 2. The van der Waals surface area contributed by atoms with Gasteiger partial charge in [0.05, 0.1) is 11.3 Å². The molecule has 2 aromatic rings. The van der Waals surface area contributed by atoms with Gasteiger partial charge in [-0.05, 0) is 24.3 Å². The highest BCUT2D eigenvalue weighted by molar-refractivity contribution is 5.97. The van der Waals surface area contributed by atoms with Crippen LogP contribution in [0.1, 0.15) is 23.1 Å². The van der Waals surface area contributed by atoms with Gasteiger partial charge in [0, 0.05) is 6.20 Å². The molecule has 0 fully saturated rings. The summed E-state index contributed by atoms with van der Waals surface area (Å²) >= 11 is 0. The number of para-hydroxylation sites is 1. The van der Waals surface area contributed by atoms with Crippen LogP contribution in [0.25, 0.3) is 5.57 Å². The number of nitrogens with zero attached hydrogens (tertiary/aromatic N) is 4. The minimum absolute atomic E-state index is 0.122. The molecule has 1 aromatic heterocycles. The van der Waals surface area contributed by atoms with Crippen molar-refractivity contribution >= 4 is 23.0 Å². The van der Waals surface area contributed by atoms with Crippen LogP contribution in [0.4, 0.5) is 5.69 Å². The van der Waals surface area contributed by atoms with Crippen molar-refractivity contribution < 1.29 is 14.3 Å². The molecular weight excluding hydrogens is 300 g/mol. The number of H-pyrrole nitrogens is 1. The van der Waals surface area contributed by atoms with Crippen molar-refractivity contribution in [1.29, 1.82) is 5.26 Å². The Labute approximate surface area is 131 Å². The van der Waals surface area contributed by atoms with Crippen molar-refractivity contribution in [3.05, 3.63) is 41.9 Å². The maximum Gasteiger partial charge on any atom is 0.340 e. The van der Waals surface area contributed by atoms with Crippen LogP contribution in [0.2, 0.25) is 0 Å². The number of nitrogens with one attached hydrogen (secondary N) is 2. The first kappa shape index (κ1) is 15.8. The van der Waals surface area contributed by atoms with Gasteiger partial charge in [-0.1, -0.05) is 12.1 Å². The molecule has 1 heterocycles. The summed E-state index contributed by atoms with van der Waals surface area (Å²) in [7, 11) is 0. The van der Waals surface area contributed by atoms with E-state index >= 15 is 0 Å². The number of esters is 1. The van der Waals surface area contributed by atoms with Crippen LogP contribution < -0.4 is 5.32 Å². The fraction of sp³-hybridized carbons (Fsp3) is 0.143. The number of Topliss-reactive ketones (excluding diaryl/α,β-unsaturated/α-hetero) is 1. The van der Waals surface area contributed by atoms with Gasteiger partial charge in [-0.2, -0.15) is 10.5 Å². The third kappa shape index (κ3) is 4.21. The Morgan fingerprint density at radius 3 is 2.87 bits per heavy atom. The lowest BCUT2D eigenvalue weighted by Crippen LogP contribution is -2.12. The number of rotatable bonds is 6. The number of nitriles is 1. The van der Waals surface area contributed by atoms with E-state index in [1.165, 1.54) is 13.1 Å². The Morgan fingerprint density at radius 1 is 1.43 bits per heavy atom. The fourth-order valence-corrected chi connectivity index (χ4v) is 1.60. The lowest BCUT2D eigenvalue weighted by molar-refractivity contribution is -0.120. The van der Waals surface area contributed by atoms with Crippen molar-refractivity contribution in [2.75, 3.05) is 11.9 Å². The van der Waals surface area contributed by atoms with Crippen molar-refractivity contribution in [2.45, 2.75) is 6.92 Å². The number of ether oxygens (including phenoxy) is 1. The summed E-state index contributed by atoms with van der Waals surface area (Å²) < 4.78 is 4.88. The quantitative estimate of drug-likeness (QED) is 0.594. The lowest BCUT2D eigenvalue weighted by atomic mass is 10.2. The zero-order chi connectivity index (χ0) is 16.7. The number of ketones is 1. The average Bonchev–Trinajstić information content (AvgIpc) is 3.08. The van der Waals surface area contributed by atoms with E-state index in [1.54, 1.807) is 24.3 Å². The molecule has 0 atom stereocenters. The molecule has 0 spiro atoms. The number of allylic oxidation sites excluding steroid dienone is 1. The van der Waals surface area contributed by atoms with E-state index < -0.39 is 5.97 Å². The number of aromatic amines is 1. The summed E-state index contributed by atoms with van der Waals surface area (Å²) in [6, 6.07) is 8.45. The van der Waals surface area contributed by atoms with E-state index in [4.69, 9.17) is 10.00 Å². The Kier molecular flexibility index (Phi) is 5.14. The van der Waals surface area contributed by atoms with E-state index in [9.17, 15) is 9.59 Å². The highest BCUT2D eigenvalue weighted by atomic mass is 16.5. The van der Waals surface area contributed by atoms with E-state index in [0.29, 0.717) is 5.69 Å². The van der Waals surface area contributed by atoms with E-state index in [-0.39, 0.29) is 29.4 Å². The summed E-state index contributed by atoms with van der Waals surface area (Å²) in [6.45, 7) is 1.03.